The van der Waals surface area contributed by atoms with Crippen molar-refractivity contribution in [3.63, 3.8) is 0 Å². The van der Waals surface area contributed by atoms with Gasteiger partial charge >= 0.3 is 0 Å². The Balaban J connectivity index is 1.49. The van der Waals surface area contributed by atoms with Crippen LogP contribution in [0.5, 0.6) is 5.88 Å². The zero-order valence-corrected chi connectivity index (χ0v) is 16.6. The number of ether oxygens (including phenoxy) is 1. The van der Waals surface area contributed by atoms with Crippen molar-refractivity contribution in [1.29, 1.82) is 0 Å². The summed E-state index contributed by atoms with van der Waals surface area (Å²) in [6.45, 7) is 4.98. The zero-order valence-electron chi connectivity index (χ0n) is 16.6. The molecule has 1 fully saturated rings. The monoisotopic (exact) mass is 381 g/mol. The normalized spacial score (nSPS) is 29.1. The van der Waals surface area contributed by atoms with Crippen molar-refractivity contribution < 1.29 is 9.84 Å². The van der Waals surface area contributed by atoms with E-state index in [0.717, 1.165) is 25.2 Å². The Morgan fingerprint density at radius 2 is 2.07 bits per heavy atom. The lowest BCUT2D eigenvalue weighted by atomic mass is 10.00. The molecule has 0 spiro atoms. The molecule has 1 aromatic heterocycles. The molecule has 2 aliphatic rings. The van der Waals surface area contributed by atoms with Gasteiger partial charge in [-0.15, -0.1) is 0 Å². The maximum atomic E-state index is 9.89. The summed E-state index contributed by atoms with van der Waals surface area (Å²) in [6.07, 6.45) is 3.49. The highest BCUT2D eigenvalue weighted by atomic mass is 16.5. The maximum Gasteiger partial charge on any atom is 0.218 e. The van der Waals surface area contributed by atoms with Gasteiger partial charge in [0.15, 0.2) is 0 Å². The van der Waals surface area contributed by atoms with Gasteiger partial charge in [0.2, 0.25) is 5.88 Å². The number of anilines is 1. The summed E-state index contributed by atoms with van der Waals surface area (Å²) in [4.78, 5) is 10.9. The number of benzene rings is 1. The van der Waals surface area contributed by atoms with Crippen LogP contribution in [0, 0.1) is 18.8 Å². The number of rotatable bonds is 6. The van der Waals surface area contributed by atoms with Crippen molar-refractivity contribution in [1.82, 2.24) is 14.9 Å². The van der Waals surface area contributed by atoms with E-state index in [2.05, 4.69) is 65.5 Å². The topological polar surface area (TPSA) is 70.5 Å². The molecule has 1 radical (unpaired) electrons. The molecule has 2 N–H and O–H groups in total. The largest absolute Gasteiger partial charge is 0.474 e. The Bertz CT molecular complexity index is 803. The second kappa shape index (κ2) is 8.05. The van der Waals surface area contributed by atoms with Gasteiger partial charge in [-0.05, 0) is 50.9 Å². The van der Waals surface area contributed by atoms with Crippen LogP contribution in [0.15, 0.2) is 36.7 Å². The predicted molar refractivity (Wildman–Crippen MR) is 109 cm³/mol. The summed E-state index contributed by atoms with van der Waals surface area (Å²) in [6, 6.07) is 10.7. The molecular weight excluding hydrogens is 352 g/mol. The quantitative estimate of drug-likeness (QED) is 0.802. The molecule has 0 aliphatic heterocycles. The first-order chi connectivity index (χ1) is 13.5. The number of aliphatic hydroxyl groups excluding tert-OH is 1. The van der Waals surface area contributed by atoms with Gasteiger partial charge in [-0.1, -0.05) is 24.3 Å². The van der Waals surface area contributed by atoms with Crippen molar-refractivity contribution in [3.8, 4) is 5.88 Å². The molecule has 1 aromatic carbocycles. The molecule has 0 saturated heterocycles. The zero-order chi connectivity index (χ0) is 19.7. The van der Waals surface area contributed by atoms with Gasteiger partial charge in [0.25, 0.3) is 0 Å². The van der Waals surface area contributed by atoms with E-state index in [-0.39, 0.29) is 18.1 Å². The summed E-state index contributed by atoms with van der Waals surface area (Å²) in [7, 11) is 4.23. The fraction of sp³-hybridized carbons (Fsp3) is 0.500. The first kappa shape index (κ1) is 19.2. The summed E-state index contributed by atoms with van der Waals surface area (Å²) in [5.74, 6) is 1.80. The van der Waals surface area contributed by atoms with E-state index in [4.69, 9.17) is 4.74 Å². The smallest absolute Gasteiger partial charge is 0.218 e. The highest BCUT2D eigenvalue weighted by Crippen LogP contribution is 2.38. The second-order valence-electron chi connectivity index (χ2n) is 8.33. The minimum atomic E-state index is -0.397. The van der Waals surface area contributed by atoms with Crippen LogP contribution in [0.2, 0.25) is 0 Å². The van der Waals surface area contributed by atoms with Gasteiger partial charge in [0, 0.05) is 24.9 Å². The molecule has 4 rings (SSSR count). The summed E-state index contributed by atoms with van der Waals surface area (Å²) >= 11 is 0. The third-order valence-corrected chi connectivity index (χ3v) is 5.79. The number of hydrogen-bond donors (Lipinski definition) is 2. The van der Waals surface area contributed by atoms with E-state index in [1.807, 2.05) is 6.07 Å². The van der Waals surface area contributed by atoms with Gasteiger partial charge in [-0.3, -0.25) is 0 Å². The van der Waals surface area contributed by atoms with Crippen LogP contribution >= 0.6 is 0 Å². The Hall–Kier alpha value is -2.18. The third-order valence-electron chi connectivity index (χ3n) is 5.79. The maximum absolute atomic E-state index is 9.89. The van der Waals surface area contributed by atoms with E-state index < -0.39 is 6.10 Å². The molecule has 28 heavy (non-hydrogen) atoms. The number of fused-ring (bicyclic) bond motifs is 1. The lowest BCUT2D eigenvalue weighted by Gasteiger charge is -2.25. The van der Waals surface area contributed by atoms with Crippen LogP contribution in [0.1, 0.15) is 30.0 Å². The molecule has 2 aliphatic carbocycles. The van der Waals surface area contributed by atoms with Gasteiger partial charge < -0.3 is 20.1 Å². The number of aromatic nitrogens is 2. The van der Waals surface area contributed by atoms with Crippen molar-refractivity contribution in [2.24, 2.45) is 11.8 Å². The van der Waals surface area contributed by atoms with Crippen LogP contribution in [0.25, 0.3) is 0 Å². The van der Waals surface area contributed by atoms with Gasteiger partial charge in [0.1, 0.15) is 18.2 Å². The fourth-order valence-corrected chi connectivity index (χ4v) is 4.47. The average molecular weight is 382 g/mol. The molecule has 1 saturated carbocycles. The lowest BCUT2D eigenvalue weighted by Crippen LogP contribution is -2.28. The third kappa shape index (κ3) is 4.13. The Morgan fingerprint density at radius 3 is 2.82 bits per heavy atom. The molecule has 6 nitrogen and oxygen atoms in total. The second-order valence-corrected chi connectivity index (χ2v) is 8.33. The fourth-order valence-electron chi connectivity index (χ4n) is 4.47. The van der Waals surface area contributed by atoms with Crippen molar-refractivity contribution >= 4 is 5.82 Å². The lowest BCUT2D eigenvalue weighted by molar-refractivity contribution is 0.134. The molecule has 0 unspecified atom stereocenters. The van der Waals surface area contributed by atoms with E-state index in [9.17, 15) is 5.11 Å². The van der Waals surface area contributed by atoms with Crippen LogP contribution < -0.4 is 10.1 Å². The Morgan fingerprint density at radius 1 is 1.25 bits per heavy atom. The SMILES string of the molecule is [CH2][C@@H]1C[C@H](Oc2cc(N[C@H]3c4ccccc4C[C@H]3CN(C)C)ncn2)C[C@H]1O. The highest BCUT2D eigenvalue weighted by molar-refractivity contribution is 5.45. The average Bonchev–Trinajstić information content (AvgIpc) is 3.14. The predicted octanol–water partition coefficient (Wildman–Crippen LogP) is 2.72. The van der Waals surface area contributed by atoms with Gasteiger partial charge in [-0.2, -0.15) is 0 Å². The van der Waals surface area contributed by atoms with Crippen LogP contribution in [0.3, 0.4) is 0 Å². The van der Waals surface area contributed by atoms with E-state index in [1.165, 1.54) is 17.5 Å². The number of nitrogens with zero attached hydrogens (tertiary/aromatic N) is 3. The van der Waals surface area contributed by atoms with E-state index in [1.54, 1.807) is 0 Å². The molecule has 2 aromatic rings. The van der Waals surface area contributed by atoms with Crippen molar-refractivity contribution in [2.45, 2.75) is 37.5 Å². The first-order valence-corrected chi connectivity index (χ1v) is 9.98. The van der Waals surface area contributed by atoms with Crippen LogP contribution in [-0.4, -0.2) is 52.8 Å². The van der Waals surface area contributed by atoms with Crippen molar-refractivity contribution in [2.75, 3.05) is 26.0 Å². The molecule has 0 bridgehead atoms. The Kier molecular flexibility index (Phi) is 5.51. The van der Waals surface area contributed by atoms with Crippen LogP contribution in [0.4, 0.5) is 5.82 Å². The van der Waals surface area contributed by atoms with Gasteiger partial charge in [0.05, 0.1) is 12.1 Å². The number of nitrogens with one attached hydrogen (secondary N) is 1. The molecule has 0 amide bonds. The summed E-state index contributed by atoms with van der Waals surface area (Å²) in [5, 5.41) is 13.5. The van der Waals surface area contributed by atoms with Crippen LogP contribution in [-0.2, 0) is 6.42 Å². The molecule has 1 heterocycles. The van der Waals surface area contributed by atoms with E-state index in [0.29, 0.717) is 18.2 Å². The van der Waals surface area contributed by atoms with E-state index >= 15 is 0 Å². The molecule has 5 atom stereocenters. The molecule has 6 heteroatoms. The summed E-state index contributed by atoms with van der Waals surface area (Å²) < 4.78 is 5.98. The summed E-state index contributed by atoms with van der Waals surface area (Å²) in [5.41, 5.74) is 2.74. The number of aliphatic hydroxyl groups is 1. The van der Waals surface area contributed by atoms with Crippen molar-refractivity contribution in [3.05, 3.63) is 54.7 Å². The molecular formula is C22H29N4O2. The standard InChI is InChI=1S/C22H29N4O2/c1-14-8-17(10-19(14)27)28-21-11-20(23-13-24-21)25-22-16(12-26(2)3)9-15-6-4-5-7-18(15)22/h4-7,11,13-14,16-17,19,22,27H,1,8-10,12H2,2-3H3,(H,23,24,25)/t14-,16+,17+,19-,22-/m1/s1. The molecule has 149 valence electrons. The number of hydrogen-bond acceptors (Lipinski definition) is 6. The van der Waals surface area contributed by atoms with Gasteiger partial charge in [-0.25, -0.2) is 9.97 Å². The first-order valence-electron chi connectivity index (χ1n) is 9.98. The Labute approximate surface area is 167 Å². The minimum absolute atomic E-state index is 0.0196. The minimum Gasteiger partial charge on any atom is -0.474 e. The highest BCUT2D eigenvalue weighted by Gasteiger charge is 2.33.